The SMILES string of the molecule is COc1cc(B(C)O)ccc1CC(C)(C)C. The van der Waals surface area contributed by atoms with Crippen LogP contribution in [-0.4, -0.2) is 19.0 Å². The minimum Gasteiger partial charge on any atom is -0.496 e. The van der Waals surface area contributed by atoms with Gasteiger partial charge in [0.1, 0.15) is 5.75 Å². The molecule has 0 spiro atoms. The van der Waals surface area contributed by atoms with Gasteiger partial charge in [0.15, 0.2) is 0 Å². The standard InChI is InChI=1S/C13H21BO2/c1-13(2,3)9-10-6-7-11(14(4)15)8-12(10)16-5/h6-8,15H,9H2,1-5H3. The minimum atomic E-state index is -0.447. The summed E-state index contributed by atoms with van der Waals surface area (Å²) in [7, 11) is 1.67. The van der Waals surface area contributed by atoms with Gasteiger partial charge in [0, 0.05) is 0 Å². The van der Waals surface area contributed by atoms with E-state index in [1.54, 1.807) is 13.9 Å². The molecule has 0 bridgehead atoms. The lowest BCUT2D eigenvalue weighted by Gasteiger charge is -2.20. The first-order chi connectivity index (χ1) is 7.33. The molecule has 0 aliphatic rings. The maximum absolute atomic E-state index is 9.51. The third-order valence-corrected chi connectivity index (χ3v) is 2.51. The Morgan fingerprint density at radius 2 is 1.94 bits per heavy atom. The Labute approximate surface area is 98.8 Å². The van der Waals surface area contributed by atoms with Gasteiger partial charge in [-0.05, 0) is 28.9 Å². The molecular weight excluding hydrogens is 199 g/mol. The summed E-state index contributed by atoms with van der Waals surface area (Å²) in [5.41, 5.74) is 2.33. The molecule has 3 heteroatoms. The minimum absolute atomic E-state index is 0.236. The van der Waals surface area contributed by atoms with Gasteiger partial charge in [-0.2, -0.15) is 0 Å². The largest absolute Gasteiger partial charge is 0.496 e. The number of methoxy groups -OCH3 is 1. The van der Waals surface area contributed by atoms with Crippen LogP contribution in [-0.2, 0) is 6.42 Å². The van der Waals surface area contributed by atoms with Gasteiger partial charge in [-0.15, -0.1) is 0 Å². The van der Waals surface area contributed by atoms with Gasteiger partial charge >= 0.3 is 6.92 Å². The van der Waals surface area contributed by atoms with Crippen LogP contribution in [0.3, 0.4) is 0 Å². The average molecular weight is 220 g/mol. The highest BCUT2D eigenvalue weighted by Gasteiger charge is 2.16. The number of rotatable bonds is 3. The van der Waals surface area contributed by atoms with E-state index >= 15 is 0 Å². The van der Waals surface area contributed by atoms with E-state index in [2.05, 4.69) is 20.8 Å². The summed E-state index contributed by atoms with van der Waals surface area (Å²) in [6, 6.07) is 5.94. The van der Waals surface area contributed by atoms with Crippen LogP contribution in [0, 0.1) is 5.41 Å². The molecule has 16 heavy (non-hydrogen) atoms. The number of benzene rings is 1. The Bertz CT molecular complexity index is 353. The fourth-order valence-corrected chi connectivity index (χ4v) is 1.74. The molecule has 0 saturated carbocycles. The van der Waals surface area contributed by atoms with Crippen LogP contribution in [0.25, 0.3) is 0 Å². The van der Waals surface area contributed by atoms with Crippen molar-refractivity contribution in [2.24, 2.45) is 5.41 Å². The van der Waals surface area contributed by atoms with Crippen molar-refractivity contribution in [1.82, 2.24) is 0 Å². The van der Waals surface area contributed by atoms with Crippen molar-refractivity contribution in [2.75, 3.05) is 7.11 Å². The van der Waals surface area contributed by atoms with Gasteiger partial charge in [-0.3, -0.25) is 0 Å². The summed E-state index contributed by atoms with van der Waals surface area (Å²) in [6.07, 6.45) is 0.969. The van der Waals surface area contributed by atoms with Gasteiger partial charge in [-0.1, -0.05) is 39.7 Å². The fourth-order valence-electron chi connectivity index (χ4n) is 1.74. The van der Waals surface area contributed by atoms with Crippen molar-refractivity contribution < 1.29 is 9.76 Å². The van der Waals surface area contributed by atoms with Crippen LogP contribution in [0.5, 0.6) is 5.75 Å². The highest BCUT2D eigenvalue weighted by molar-refractivity contribution is 6.64. The number of hydrogen-bond acceptors (Lipinski definition) is 2. The van der Waals surface area contributed by atoms with Crippen LogP contribution in [0.15, 0.2) is 18.2 Å². The van der Waals surface area contributed by atoms with Crippen molar-refractivity contribution in [3.63, 3.8) is 0 Å². The quantitative estimate of drug-likeness (QED) is 0.790. The monoisotopic (exact) mass is 220 g/mol. The second kappa shape index (κ2) is 4.92. The fraction of sp³-hybridized carbons (Fsp3) is 0.538. The molecule has 0 amide bonds. The Morgan fingerprint density at radius 1 is 1.31 bits per heavy atom. The van der Waals surface area contributed by atoms with Crippen LogP contribution in [0.4, 0.5) is 0 Å². The van der Waals surface area contributed by atoms with Crippen molar-refractivity contribution >= 4 is 12.4 Å². The summed E-state index contributed by atoms with van der Waals surface area (Å²) in [4.78, 5) is 0. The van der Waals surface area contributed by atoms with E-state index in [4.69, 9.17) is 4.74 Å². The molecule has 0 saturated heterocycles. The van der Waals surface area contributed by atoms with E-state index in [9.17, 15) is 5.02 Å². The highest BCUT2D eigenvalue weighted by atomic mass is 16.5. The second-order valence-corrected chi connectivity index (χ2v) is 5.48. The normalized spacial score (nSPS) is 11.4. The van der Waals surface area contributed by atoms with Crippen LogP contribution in [0.1, 0.15) is 26.3 Å². The van der Waals surface area contributed by atoms with Gasteiger partial charge < -0.3 is 9.76 Å². The maximum atomic E-state index is 9.51. The van der Waals surface area contributed by atoms with E-state index in [1.165, 1.54) is 5.56 Å². The summed E-state index contributed by atoms with van der Waals surface area (Å²) in [6.45, 7) is 7.93. The zero-order valence-corrected chi connectivity index (χ0v) is 10.9. The molecule has 0 unspecified atom stereocenters. The third-order valence-electron chi connectivity index (χ3n) is 2.51. The molecule has 1 aromatic carbocycles. The van der Waals surface area contributed by atoms with E-state index < -0.39 is 6.92 Å². The first-order valence-corrected chi connectivity index (χ1v) is 5.68. The molecule has 0 fully saturated rings. The molecule has 0 aliphatic heterocycles. The first-order valence-electron chi connectivity index (χ1n) is 5.68. The Balaban J connectivity index is 3.02. The molecule has 2 nitrogen and oxygen atoms in total. The maximum Gasteiger partial charge on any atom is 0.320 e. The van der Waals surface area contributed by atoms with Crippen molar-refractivity contribution in [3.8, 4) is 5.75 Å². The van der Waals surface area contributed by atoms with Crippen molar-refractivity contribution in [3.05, 3.63) is 23.8 Å². The number of ether oxygens (including phenoxy) is 1. The van der Waals surface area contributed by atoms with Crippen LogP contribution >= 0.6 is 0 Å². The van der Waals surface area contributed by atoms with Gasteiger partial charge in [0.25, 0.3) is 0 Å². The van der Waals surface area contributed by atoms with Crippen LogP contribution < -0.4 is 10.2 Å². The molecular formula is C13H21BO2. The predicted octanol–water partition coefficient (Wildman–Crippen LogP) is 2.10. The lowest BCUT2D eigenvalue weighted by Crippen LogP contribution is -2.26. The van der Waals surface area contributed by atoms with Gasteiger partial charge in [0.05, 0.1) is 7.11 Å². The Morgan fingerprint density at radius 3 is 2.38 bits per heavy atom. The molecule has 0 atom stereocenters. The van der Waals surface area contributed by atoms with E-state index in [0.717, 1.165) is 17.6 Å². The third kappa shape index (κ3) is 3.56. The highest BCUT2D eigenvalue weighted by Crippen LogP contribution is 2.26. The van der Waals surface area contributed by atoms with E-state index in [1.807, 2.05) is 18.2 Å². The molecule has 0 aliphatic carbocycles. The Kier molecular flexibility index (Phi) is 4.03. The predicted molar refractivity (Wildman–Crippen MR) is 69.6 cm³/mol. The first kappa shape index (κ1) is 13.1. The van der Waals surface area contributed by atoms with Gasteiger partial charge in [0.2, 0.25) is 0 Å². The molecule has 0 aromatic heterocycles. The summed E-state index contributed by atoms with van der Waals surface area (Å²) in [5, 5.41) is 9.51. The molecule has 88 valence electrons. The Hall–Kier alpha value is -0.955. The number of hydrogen-bond donors (Lipinski definition) is 1. The smallest absolute Gasteiger partial charge is 0.320 e. The molecule has 1 aromatic rings. The van der Waals surface area contributed by atoms with Gasteiger partial charge in [-0.25, -0.2) is 0 Å². The molecule has 1 N–H and O–H groups in total. The molecule has 0 heterocycles. The van der Waals surface area contributed by atoms with E-state index in [-0.39, 0.29) is 5.41 Å². The lowest BCUT2D eigenvalue weighted by molar-refractivity contribution is 0.379. The summed E-state index contributed by atoms with van der Waals surface area (Å²) >= 11 is 0. The van der Waals surface area contributed by atoms with Crippen molar-refractivity contribution in [1.29, 1.82) is 0 Å². The zero-order chi connectivity index (χ0) is 12.3. The topological polar surface area (TPSA) is 29.5 Å². The van der Waals surface area contributed by atoms with Crippen LogP contribution in [0.2, 0.25) is 6.82 Å². The molecule has 1 rings (SSSR count). The zero-order valence-electron chi connectivity index (χ0n) is 10.9. The summed E-state index contributed by atoms with van der Waals surface area (Å²) < 4.78 is 5.37. The second-order valence-electron chi connectivity index (χ2n) is 5.48. The van der Waals surface area contributed by atoms with E-state index in [0.29, 0.717) is 0 Å². The summed E-state index contributed by atoms with van der Waals surface area (Å²) in [5.74, 6) is 0.869. The molecule has 0 radical (unpaired) electrons. The lowest BCUT2D eigenvalue weighted by atomic mass is 9.64. The van der Waals surface area contributed by atoms with Crippen molar-refractivity contribution in [2.45, 2.75) is 34.0 Å². The average Bonchev–Trinajstić information content (AvgIpc) is 2.15.